The number of nitrogens with zero attached hydrogens (tertiary/aromatic N) is 7. The third-order valence-corrected chi connectivity index (χ3v) is 6.79. The van der Waals surface area contributed by atoms with Gasteiger partial charge in [-0.05, 0) is 18.2 Å². The Morgan fingerprint density at radius 3 is 2.42 bits per heavy atom. The van der Waals surface area contributed by atoms with E-state index in [4.69, 9.17) is 9.15 Å². The van der Waals surface area contributed by atoms with E-state index in [1.807, 2.05) is 23.9 Å². The van der Waals surface area contributed by atoms with E-state index in [1.165, 1.54) is 17.2 Å². The van der Waals surface area contributed by atoms with Crippen LogP contribution in [-0.2, 0) is 16.1 Å². The van der Waals surface area contributed by atoms with Crippen LogP contribution in [0.25, 0.3) is 11.5 Å². The number of alkyl halides is 2. The average molecular weight is 532 g/mol. The highest BCUT2D eigenvalue weighted by Crippen LogP contribution is 2.36. The zero-order valence-corrected chi connectivity index (χ0v) is 21.1. The van der Waals surface area contributed by atoms with Crippen molar-refractivity contribution in [2.24, 2.45) is 0 Å². The summed E-state index contributed by atoms with van der Waals surface area (Å²) < 4.78 is 51.1. The molecule has 2 aliphatic rings. The molecule has 2 aliphatic heterocycles. The molecule has 2 aromatic heterocycles. The zero-order valence-electron chi connectivity index (χ0n) is 21.1. The number of carbonyl (C=O) groups excluding carboxylic acids is 1. The molecular weight excluding hydrogens is 503 g/mol. The van der Waals surface area contributed by atoms with Crippen LogP contribution in [0.3, 0.4) is 0 Å². The molecule has 0 bridgehead atoms. The van der Waals surface area contributed by atoms with Gasteiger partial charge in [-0.1, -0.05) is 0 Å². The maximum atomic E-state index is 15.4. The fourth-order valence-corrected chi connectivity index (χ4v) is 4.57. The largest absolute Gasteiger partial charge is 0.415 e. The molecule has 1 amide bonds. The van der Waals surface area contributed by atoms with Gasteiger partial charge < -0.3 is 23.9 Å². The number of ether oxygens (including phenoxy) is 1. The van der Waals surface area contributed by atoms with E-state index in [1.54, 1.807) is 18.2 Å². The van der Waals surface area contributed by atoms with Crippen molar-refractivity contribution in [2.75, 3.05) is 68.2 Å². The molecular formula is C25H28F3N7O3. The van der Waals surface area contributed by atoms with Crippen LogP contribution in [0.2, 0.25) is 0 Å². The Bertz CT molecular complexity index is 1260. The molecule has 202 valence electrons. The van der Waals surface area contributed by atoms with Crippen LogP contribution >= 0.6 is 0 Å². The molecule has 0 radical (unpaired) electrons. The summed E-state index contributed by atoms with van der Waals surface area (Å²) in [5.74, 6) is -1.26. The van der Waals surface area contributed by atoms with Crippen molar-refractivity contribution in [3.8, 4) is 11.5 Å². The van der Waals surface area contributed by atoms with Gasteiger partial charge in [0.05, 0.1) is 54.1 Å². The van der Waals surface area contributed by atoms with E-state index in [-0.39, 0.29) is 12.4 Å². The van der Waals surface area contributed by atoms with Gasteiger partial charge in [-0.25, -0.2) is 4.39 Å². The van der Waals surface area contributed by atoms with Gasteiger partial charge in [0, 0.05) is 52.5 Å². The molecule has 0 unspecified atom stereocenters. The minimum Gasteiger partial charge on any atom is -0.415 e. The summed E-state index contributed by atoms with van der Waals surface area (Å²) in [6.07, 6.45) is -0.842. The normalized spacial score (nSPS) is 16.5. The zero-order chi connectivity index (χ0) is 26.8. The van der Waals surface area contributed by atoms with Crippen LogP contribution in [0.5, 0.6) is 0 Å². The van der Waals surface area contributed by atoms with Crippen LogP contribution in [0.15, 0.2) is 34.9 Å². The van der Waals surface area contributed by atoms with Gasteiger partial charge in [-0.2, -0.15) is 8.78 Å². The summed E-state index contributed by atoms with van der Waals surface area (Å²) in [6.45, 7) is 4.65. The number of hydrogen-bond acceptors (Lipinski definition) is 9. The summed E-state index contributed by atoms with van der Waals surface area (Å²) in [4.78, 5) is 24.0. The van der Waals surface area contributed by atoms with Gasteiger partial charge >= 0.3 is 6.43 Å². The van der Waals surface area contributed by atoms with Crippen LogP contribution in [-0.4, -0.2) is 86.0 Å². The van der Waals surface area contributed by atoms with Gasteiger partial charge in [-0.3, -0.25) is 14.7 Å². The molecule has 0 N–H and O–H groups in total. The van der Waals surface area contributed by atoms with E-state index in [0.717, 1.165) is 26.3 Å². The molecule has 13 heteroatoms. The molecule has 4 heterocycles. The highest BCUT2D eigenvalue weighted by Gasteiger charge is 2.30. The standard InChI is InChI=1S/C25H28F3N7O3/c1-32(2)21-10-20(34-7-5-33(6-8-34)18-13-37-14-18)19(26)9-22(21)35(15-36)12-17-4-3-16(11-29-17)24-30-31-25(38-24)23(27)28/h3-4,9-11,15,18,23H,5-8,12-14H2,1-2H3. The first-order valence-electron chi connectivity index (χ1n) is 12.2. The molecule has 0 saturated carbocycles. The van der Waals surface area contributed by atoms with Gasteiger partial charge in [0.15, 0.2) is 0 Å². The van der Waals surface area contributed by atoms with E-state index < -0.39 is 18.1 Å². The lowest BCUT2D eigenvalue weighted by Crippen LogP contribution is -2.56. The molecule has 2 saturated heterocycles. The third-order valence-electron chi connectivity index (χ3n) is 6.79. The van der Waals surface area contributed by atoms with Crippen LogP contribution < -0.4 is 14.7 Å². The molecule has 5 rings (SSSR count). The predicted octanol–water partition coefficient (Wildman–Crippen LogP) is 2.96. The second kappa shape index (κ2) is 11.0. The Morgan fingerprint density at radius 1 is 1.11 bits per heavy atom. The van der Waals surface area contributed by atoms with Crippen LogP contribution in [0.4, 0.5) is 30.2 Å². The summed E-state index contributed by atoms with van der Waals surface area (Å²) in [5, 5.41) is 6.92. The number of amides is 1. The lowest BCUT2D eigenvalue weighted by Gasteiger charge is -2.43. The summed E-state index contributed by atoms with van der Waals surface area (Å²) in [5.41, 5.74) is 2.45. The summed E-state index contributed by atoms with van der Waals surface area (Å²) in [7, 11) is 3.67. The lowest BCUT2D eigenvalue weighted by molar-refractivity contribution is -0.107. The predicted molar refractivity (Wildman–Crippen MR) is 134 cm³/mol. The number of piperazine rings is 1. The topological polar surface area (TPSA) is 91.1 Å². The quantitative estimate of drug-likeness (QED) is 0.387. The fourth-order valence-electron chi connectivity index (χ4n) is 4.57. The molecule has 0 aliphatic carbocycles. The molecule has 2 fully saturated rings. The number of benzene rings is 1. The number of carbonyl (C=O) groups is 1. The van der Waals surface area contributed by atoms with Crippen LogP contribution in [0, 0.1) is 5.82 Å². The van der Waals surface area contributed by atoms with Crippen molar-refractivity contribution >= 4 is 23.5 Å². The van der Waals surface area contributed by atoms with E-state index >= 15 is 4.39 Å². The highest BCUT2D eigenvalue weighted by atomic mass is 19.3. The number of halogens is 3. The molecule has 10 nitrogen and oxygen atoms in total. The van der Waals surface area contributed by atoms with Crippen LogP contribution in [0.1, 0.15) is 18.0 Å². The fraction of sp³-hybridized carbons (Fsp3) is 0.440. The average Bonchev–Trinajstić information content (AvgIpc) is 3.38. The molecule has 3 aromatic rings. The maximum Gasteiger partial charge on any atom is 0.314 e. The number of pyridine rings is 1. The van der Waals surface area contributed by atoms with Crippen molar-refractivity contribution in [3.63, 3.8) is 0 Å². The molecule has 38 heavy (non-hydrogen) atoms. The Labute approximate surface area is 217 Å². The van der Waals surface area contributed by atoms with Gasteiger partial charge in [0.25, 0.3) is 5.89 Å². The van der Waals surface area contributed by atoms with Crippen molar-refractivity contribution in [3.05, 3.63) is 47.9 Å². The monoisotopic (exact) mass is 531 g/mol. The second-order valence-corrected chi connectivity index (χ2v) is 9.42. The Morgan fingerprint density at radius 2 is 1.87 bits per heavy atom. The first-order chi connectivity index (χ1) is 18.3. The molecule has 1 aromatic carbocycles. The smallest absolute Gasteiger partial charge is 0.314 e. The maximum absolute atomic E-state index is 15.4. The van der Waals surface area contributed by atoms with Crippen molar-refractivity contribution < 1.29 is 27.1 Å². The minimum absolute atomic E-state index is 0.0671. The number of hydrogen-bond donors (Lipinski definition) is 0. The van der Waals surface area contributed by atoms with Gasteiger partial charge in [0.2, 0.25) is 12.3 Å². The Kier molecular flexibility index (Phi) is 7.47. The number of rotatable bonds is 9. The van der Waals surface area contributed by atoms with E-state index in [2.05, 4.69) is 20.1 Å². The first-order valence-corrected chi connectivity index (χ1v) is 12.2. The number of aromatic nitrogens is 3. The first kappa shape index (κ1) is 25.9. The lowest BCUT2D eigenvalue weighted by atomic mass is 10.1. The summed E-state index contributed by atoms with van der Waals surface area (Å²) >= 11 is 0. The SMILES string of the molecule is CN(C)c1cc(N2CCN(C3COC3)CC2)c(F)cc1N(C=O)Cc1ccc(-c2nnc(C(F)F)o2)cn1. The van der Waals surface area contributed by atoms with Crippen molar-refractivity contribution in [1.82, 2.24) is 20.1 Å². The minimum atomic E-state index is -2.87. The Hall–Kier alpha value is -3.71. The van der Waals surface area contributed by atoms with Gasteiger partial charge in [0.1, 0.15) is 5.82 Å². The van der Waals surface area contributed by atoms with Crippen molar-refractivity contribution in [1.29, 1.82) is 0 Å². The molecule has 0 spiro atoms. The molecule has 0 atom stereocenters. The highest BCUT2D eigenvalue weighted by molar-refractivity contribution is 5.86. The van der Waals surface area contributed by atoms with E-state index in [0.29, 0.717) is 53.9 Å². The summed E-state index contributed by atoms with van der Waals surface area (Å²) in [6, 6.07) is 6.80. The van der Waals surface area contributed by atoms with Crippen molar-refractivity contribution in [2.45, 2.75) is 19.0 Å². The third kappa shape index (κ3) is 5.29. The number of anilines is 3. The second-order valence-electron chi connectivity index (χ2n) is 9.42. The van der Waals surface area contributed by atoms with E-state index in [9.17, 15) is 13.6 Å². The Balaban J connectivity index is 1.33. The van der Waals surface area contributed by atoms with Gasteiger partial charge in [-0.15, -0.1) is 10.2 Å².